The Kier molecular flexibility index (Phi) is 7.85. The number of methoxy groups -OCH3 is 3. The third kappa shape index (κ3) is 4.93. The highest BCUT2D eigenvalue weighted by Crippen LogP contribution is 2.28. The number of benzene rings is 1. The van der Waals surface area contributed by atoms with Gasteiger partial charge < -0.3 is 19.1 Å². The molecule has 0 spiro atoms. The molecule has 32 heavy (non-hydrogen) atoms. The van der Waals surface area contributed by atoms with Gasteiger partial charge in [0.25, 0.3) is 0 Å². The molecule has 1 aromatic rings. The fourth-order valence-electron chi connectivity index (χ4n) is 4.36. The van der Waals surface area contributed by atoms with Crippen LogP contribution in [0.2, 0.25) is 0 Å². The first-order chi connectivity index (χ1) is 15.4. The zero-order valence-corrected chi connectivity index (χ0v) is 19.2. The predicted octanol–water partition coefficient (Wildman–Crippen LogP) is 2.77. The minimum atomic E-state index is -0.331. The van der Waals surface area contributed by atoms with Crippen LogP contribution in [0.5, 0.6) is 0 Å². The van der Waals surface area contributed by atoms with Crippen molar-refractivity contribution in [2.75, 3.05) is 34.5 Å². The summed E-state index contributed by atoms with van der Waals surface area (Å²) in [5.41, 5.74) is 2.75. The largest absolute Gasteiger partial charge is 0.489 e. The van der Waals surface area contributed by atoms with Crippen molar-refractivity contribution in [3.05, 3.63) is 58.1 Å². The third-order valence-electron chi connectivity index (χ3n) is 6.18. The van der Waals surface area contributed by atoms with Crippen LogP contribution in [0, 0.1) is 0 Å². The molecular formula is C25H31NO6. The van der Waals surface area contributed by atoms with E-state index in [1.807, 2.05) is 29.2 Å². The van der Waals surface area contributed by atoms with Gasteiger partial charge in [0.05, 0.1) is 26.9 Å². The van der Waals surface area contributed by atoms with Crippen LogP contribution in [-0.2, 0) is 41.4 Å². The van der Waals surface area contributed by atoms with Gasteiger partial charge in [0.2, 0.25) is 29.0 Å². The first-order valence-corrected chi connectivity index (χ1v) is 10.9. The number of amides is 1. The van der Waals surface area contributed by atoms with Gasteiger partial charge in [-0.3, -0.25) is 14.4 Å². The Morgan fingerprint density at radius 2 is 1.62 bits per heavy atom. The number of hydrogen-bond donors (Lipinski definition) is 0. The number of rotatable bonds is 9. The molecule has 1 saturated heterocycles. The maximum Gasteiger partial charge on any atom is 0.228 e. The highest BCUT2D eigenvalue weighted by molar-refractivity contribution is 6.23. The van der Waals surface area contributed by atoms with E-state index in [2.05, 4.69) is 0 Å². The van der Waals surface area contributed by atoms with E-state index in [0.29, 0.717) is 37.0 Å². The van der Waals surface area contributed by atoms with Crippen molar-refractivity contribution < 1.29 is 28.6 Å². The van der Waals surface area contributed by atoms with E-state index in [9.17, 15) is 14.4 Å². The summed E-state index contributed by atoms with van der Waals surface area (Å²) >= 11 is 0. The van der Waals surface area contributed by atoms with Gasteiger partial charge in [-0.1, -0.05) is 24.3 Å². The van der Waals surface area contributed by atoms with Crippen molar-refractivity contribution in [3.8, 4) is 0 Å². The predicted molar refractivity (Wildman–Crippen MR) is 119 cm³/mol. The second-order valence-corrected chi connectivity index (χ2v) is 8.16. The Bertz CT molecular complexity index is 944. The first kappa shape index (κ1) is 23.7. The van der Waals surface area contributed by atoms with Gasteiger partial charge in [0, 0.05) is 37.6 Å². The summed E-state index contributed by atoms with van der Waals surface area (Å²) < 4.78 is 15.4. The molecule has 1 aliphatic heterocycles. The normalized spacial score (nSPS) is 19.1. The van der Waals surface area contributed by atoms with Crippen LogP contribution in [0.4, 0.5) is 0 Å². The van der Waals surface area contributed by atoms with Crippen molar-refractivity contribution in [2.24, 2.45) is 0 Å². The summed E-state index contributed by atoms with van der Waals surface area (Å²) in [4.78, 5) is 39.9. The topological polar surface area (TPSA) is 82.1 Å². The Hall–Kier alpha value is -2.93. The molecule has 0 saturated carbocycles. The Morgan fingerprint density at radius 3 is 2.25 bits per heavy atom. The average molecular weight is 442 g/mol. The number of Topliss-reactive ketones (excluding diaryl/α,β-unsaturated/α-hetero) is 2. The lowest BCUT2D eigenvalue weighted by atomic mass is 9.88. The number of ether oxygens (including phenoxy) is 3. The van der Waals surface area contributed by atoms with Gasteiger partial charge in [0.15, 0.2) is 0 Å². The SMILES string of the molecule is COCC1CCCN1C(=O)CCc1ccc(CC2=C(C)C(=O)C(OC)=C(OC)C2=O)cc1. The Morgan fingerprint density at radius 1 is 1.00 bits per heavy atom. The zero-order chi connectivity index (χ0) is 23.3. The second kappa shape index (κ2) is 10.6. The van der Waals surface area contributed by atoms with Crippen molar-refractivity contribution in [2.45, 2.75) is 45.1 Å². The van der Waals surface area contributed by atoms with Crippen LogP contribution >= 0.6 is 0 Å². The third-order valence-corrected chi connectivity index (χ3v) is 6.18. The molecule has 2 aliphatic rings. The van der Waals surface area contributed by atoms with E-state index in [1.165, 1.54) is 14.2 Å². The van der Waals surface area contributed by atoms with E-state index in [1.54, 1.807) is 14.0 Å². The van der Waals surface area contributed by atoms with Gasteiger partial charge in [-0.25, -0.2) is 0 Å². The molecule has 172 valence electrons. The minimum Gasteiger partial charge on any atom is -0.489 e. The quantitative estimate of drug-likeness (QED) is 0.548. The molecule has 1 heterocycles. The number of nitrogens with zero attached hydrogens (tertiary/aromatic N) is 1. The molecule has 0 N–H and O–H groups in total. The van der Waals surface area contributed by atoms with Crippen LogP contribution in [0.3, 0.4) is 0 Å². The lowest BCUT2D eigenvalue weighted by molar-refractivity contribution is -0.132. The number of ketones is 2. The molecule has 0 radical (unpaired) electrons. The molecule has 7 nitrogen and oxygen atoms in total. The Labute approximate surface area is 189 Å². The van der Waals surface area contributed by atoms with Crippen molar-refractivity contribution in [3.63, 3.8) is 0 Å². The number of carbonyl (C=O) groups excluding carboxylic acids is 3. The van der Waals surface area contributed by atoms with Gasteiger partial charge in [0.1, 0.15) is 0 Å². The zero-order valence-electron chi connectivity index (χ0n) is 19.2. The molecule has 1 aliphatic carbocycles. The van der Waals surface area contributed by atoms with E-state index >= 15 is 0 Å². The van der Waals surface area contributed by atoms with Crippen molar-refractivity contribution >= 4 is 17.5 Å². The number of allylic oxidation sites excluding steroid dienone is 2. The lowest BCUT2D eigenvalue weighted by Gasteiger charge is -2.24. The molecule has 1 atom stereocenters. The average Bonchev–Trinajstić information content (AvgIpc) is 3.26. The van der Waals surface area contributed by atoms with Crippen LogP contribution in [0.15, 0.2) is 46.9 Å². The fourth-order valence-corrected chi connectivity index (χ4v) is 4.36. The standard InChI is InChI=1S/C25H31NO6/c1-16-20(23(29)25(32-4)24(31-3)22(16)28)14-18-9-7-17(8-10-18)11-12-21(27)26-13-5-6-19(26)15-30-2/h7-10,19H,5-6,11-15H2,1-4H3. The lowest BCUT2D eigenvalue weighted by Crippen LogP contribution is -2.38. The van der Waals surface area contributed by atoms with Gasteiger partial charge in [-0.15, -0.1) is 0 Å². The van der Waals surface area contributed by atoms with Crippen LogP contribution in [0.1, 0.15) is 37.3 Å². The smallest absolute Gasteiger partial charge is 0.228 e. The van der Waals surface area contributed by atoms with Crippen LogP contribution in [0.25, 0.3) is 0 Å². The van der Waals surface area contributed by atoms with Gasteiger partial charge in [-0.2, -0.15) is 0 Å². The van der Waals surface area contributed by atoms with E-state index in [4.69, 9.17) is 14.2 Å². The van der Waals surface area contributed by atoms with E-state index < -0.39 is 0 Å². The molecule has 0 aromatic heterocycles. The fraction of sp³-hybridized carbons (Fsp3) is 0.480. The van der Waals surface area contributed by atoms with Gasteiger partial charge in [-0.05, 0) is 37.3 Å². The molecule has 1 amide bonds. The van der Waals surface area contributed by atoms with Crippen molar-refractivity contribution in [1.29, 1.82) is 0 Å². The molecule has 1 fully saturated rings. The molecule has 7 heteroatoms. The minimum absolute atomic E-state index is 0.0514. The summed E-state index contributed by atoms with van der Waals surface area (Å²) in [6.07, 6.45) is 3.46. The highest BCUT2D eigenvalue weighted by atomic mass is 16.5. The maximum absolute atomic E-state index is 12.8. The number of hydrogen-bond acceptors (Lipinski definition) is 6. The first-order valence-electron chi connectivity index (χ1n) is 10.9. The summed E-state index contributed by atoms with van der Waals surface area (Å²) in [7, 11) is 4.37. The summed E-state index contributed by atoms with van der Waals surface area (Å²) in [6, 6.07) is 8.00. The summed E-state index contributed by atoms with van der Waals surface area (Å²) in [5, 5.41) is 0. The van der Waals surface area contributed by atoms with E-state index in [0.717, 1.165) is 30.5 Å². The summed E-state index contributed by atoms with van der Waals surface area (Å²) in [6.45, 7) is 3.02. The van der Waals surface area contributed by atoms with Crippen molar-refractivity contribution in [1.82, 2.24) is 4.90 Å². The van der Waals surface area contributed by atoms with Crippen LogP contribution in [-0.4, -0.2) is 62.9 Å². The van der Waals surface area contributed by atoms with Gasteiger partial charge >= 0.3 is 0 Å². The maximum atomic E-state index is 12.8. The van der Waals surface area contributed by atoms with Crippen LogP contribution < -0.4 is 0 Å². The molecule has 1 unspecified atom stereocenters. The molecule has 1 aromatic carbocycles. The molecule has 3 rings (SSSR count). The Balaban J connectivity index is 1.63. The number of carbonyl (C=O) groups is 3. The monoisotopic (exact) mass is 441 g/mol. The summed E-state index contributed by atoms with van der Waals surface area (Å²) in [5.74, 6) is -0.602. The number of likely N-dealkylation sites (tertiary alicyclic amines) is 1. The second-order valence-electron chi connectivity index (χ2n) is 8.16. The molecule has 0 bridgehead atoms. The molecular weight excluding hydrogens is 410 g/mol. The van der Waals surface area contributed by atoms with E-state index in [-0.39, 0.29) is 35.0 Å². The highest BCUT2D eigenvalue weighted by Gasteiger charge is 2.34. The number of aryl methyl sites for hydroxylation is 1.